The summed E-state index contributed by atoms with van der Waals surface area (Å²) in [5.41, 5.74) is 0.975. The number of nitrogens with zero attached hydrogens (tertiary/aromatic N) is 1. The van der Waals surface area contributed by atoms with Gasteiger partial charge in [0.05, 0.1) is 17.3 Å². The third kappa shape index (κ3) is 5.99. The van der Waals surface area contributed by atoms with Crippen LogP contribution in [0.3, 0.4) is 0 Å². The highest BCUT2D eigenvalue weighted by Gasteiger charge is 2.37. The van der Waals surface area contributed by atoms with Gasteiger partial charge < -0.3 is 14.8 Å². The molecule has 188 valence electrons. The number of barbiturate groups is 1. The minimum Gasteiger partial charge on any atom is -0.493 e. The number of imide groups is 2. The van der Waals surface area contributed by atoms with Gasteiger partial charge in [-0.15, -0.1) is 0 Å². The van der Waals surface area contributed by atoms with Crippen molar-refractivity contribution < 1.29 is 28.7 Å². The first-order valence-electron chi connectivity index (χ1n) is 10.8. The Hall–Kier alpha value is -4.15. The van der Waals surface area contributed by atoms with Crippen LogP contribution in [-0.4, -0.2) is 37.5 Å². The van der Waals surface area contributed by atoms with Crippen molar-refractivity contribution in [2.24, 2.45) is 0 Å². The quantitative estimate of drug-likeness (QED) is 0.305. The van der Waals surface area contributed by atoms with Crippen LogP contribution in [0.5, 0.6) is 11.5 Å². The summed E-state index contributed by atoms with van der Waals surface area (Å²) in [5.74, 6) is -1.53. The van der Waals surface area contributed by atoms with Gasteiger partial charge in [-0.05, 0) is 70.0 Å². The third-order valence-electron chi connectivity index (χ3n) is 5.14. The number of halogens is 2. The van der Waals surface area contributed by atoms with Crippen molar-refractivity contribution in [2.75, 3.05) is 23.9 Å². The summed E-state index contributed by atoms with van der Waals surface area (Å²) >= 11 is 9.38. The minimum atomic E-state index is -0.884. The van der Waals surface area contributed by atoms with E-state index >= 15 is 0 Å². The molecule has 11 heteroatoms. The van der Waals surface area contributed by atoms with Gasteiger partial charge in [-0.1, -0.05) is 35.9 Å². The summed E-state index contributed by atoms with van der Waals surface area (Å²) in [6.45, 7) is -0.290. The highest BCUT2D eigenvalue weighted by molar-refractivity contribution is 9.10. The van der Waals surface area contributed by atoms with E-state index in [2.05, 4.69) is 26.6 Å². The molecule has 5 amide bonds. The van der Waals surface area contributed by atoms with E-state index < -0.39 is 17.8 Å². The van der Waals surface area contributed by atoms with Gasteiger partial charge in [-0.2, -0.15) is 0 Å². The molecular weight excluding hydrogens is 566 g/mol. The number of methoxy groups -OCH3 is 1. The summed E-state index contributed by atoms with van der Waals surface area (Å²) in [5, 5.41) is 5.20. The number of nitrogens with one attached hydrogen (secondary N) is 2. The van der Waals surface area contributed by atoms with Crippen molar-refractivity contribution in [3.05, 3.63) is 87.4 Å². The van der Waals surface area contributed by atoms with Crippen LogP contribution in [0, 0.1) is 0 Å². The molecule has 2 N–H and O–H groups in total. The van der Waals surface area contributed by atoms with Crippen LogP contribution in [0.1, 0.15) is 5.56 Å². The highest BCUT2D eigenvalue weighted by Crippen LogP contribution is 2.37. The molecule has 1 saturated heterocycles. The Morgan fingerprint density at radius 1 is 1.08 bits per heavy atom. The number of para-hydroxylation sites is 1. The van der Waals surface area contributed by atoms with Gasteiger partial charge in [0, 0.05) is 10.7 Å². The van der Waals surface area contributed by atoms with Gasteiger partial charge in [0.15, 0.2) is 18.1 Å². The standard InChI is InChI=1S/C26H19BrClN3O6/c1-36-21-12-15(11-20(27)23(21)37-14-22(32)29-17-7-3-2-4-8-17)10-19-24(33)30-26(35)31(25(19)34)18-9-5-6-16(28)13-18/h2-13H,14H2,1H3,(H,29,32)(H,30,33,35)/b19-10+. The molecule has 0 bridgehead atoms. The van der Waals surface area contributed by atoms with E-state index in [0.717, 1.165) is 4.90 Å². The number of anilines is 2. The molecule has 0 radical (unpaired) electrons. The second-order valence-electron chi connectivity index (χ2n) is 7.67. The Morgan fingerprint density at radius 3 is 2.54 bits per heavy atom. The molecule has 3 aromatic rings. The van der Waals surface area contributed by atoms with Crippen molar-refractivity contribution in [3.8, 4) is 11.5 Å². The predicted octanol–water partition coefficient (Wildman–Crippen LogP) is 4.80. The SMILES string of the molecule is COc1cc(/C=C2\C(=O)NC(=O)N(c3cccc(Cl)c3)C2=O)cc(Br)c1OCC(=O)Nc1ccccc1. The first-order valence-corrected chi connectivity index (χ1v) is 12.0. The molecule has 1 aliphatic rings. The van der Waals surface area contributed by atoms with Crippen LogP contribution in [0.15, 0.2) is 76.8 Å². The van der Waals surface area contributed by atoms with E-state index in [0.29, 0.717) is 20.7 Å². The van der Waals surface area contributed by atoms with Crippen LogP contribution >= 0.6 is 27.5 Å². The summed E-state index contributed by atoms with van der Waals surface area (Å²) in [6, 6.07) is 17.3. The second kappa shape index (κ2) is 11.3. The molecule has 1 fully saturated rings. The average Bonchev–Trinajstić information content (AvgIpc) is 2.86. The number of hydrogen-bond donors (Lipinski definition) is 2. The summed E-state index contributed by atoms with van der Waals surface area (Å²) in [7, 11) is 1.41. The van der Waals surface area contributed by atoms with E-state index in [9.17, 15) is 19.2 Å². The van der Waals surface area contributed by atoms with Crippen molar-refractivity contribution in [3.63, 3.8) is 0 Å². The average molecular weight is 585 g/mol. The fourth-order valence-electron chi connectivity index (χ4n) is 3.49. The van der Waals surface area contributed by atoms with E-state index in [1.54, 1.807) is 42.5 Å². The maximum atomic E-state index is 13.1. The lowest BCUT2D eigenvalue weighted by atomic mass is 10.1. The minimum absolute atomic E-state index is 0.213. The summed E-state index contributed by atoms with van der Waals surface area (Å²) in [6.07, 6.45) is 1.32. The number of hydrogen-bond acceptors (Lipinski definition) is 6. The number of carbonyl (C=O) groups is 4. The molecule has 0 aromatic heterocycles. The van der Waals surface area contributed by atoms with Crippen molar-refractivity contribution in [1.82, 2.24) is 5.32 Å². The van der Waals surface area contributed by atoms with Gasteiger partial charge in [-0.25, -0.2) is 9.69 Å². The van der Waals surface area contributed by atoms with Crippen LogP contribution < -0.4 is 25.0 Å². The molecule has 0 aliphatic carbocycles. The number of amides is 5. The molecule has 37 heavy (non-hydrogen) atoms. The summed E-state index contributed by atoms with van der Waals surface area (Å²) < 4.78 is 11.5. The Balaban J connectivity index is 1.57. The molecule has 9 nitrogen and oxygen atoms in total. The maximum Gasteiger partial charge on any atom is 0.335 e. The number of benzene rings is 3. The molecule has 3 aromatic carbocycles. The topological polar surface area (TPSA) is 114 Å². The van der Waals surface area contributed by atoms with Gasteiger partial charge in [0.1, 0.15) is 5.57 Å². The number of carbonyl (C=O) groups excluding carboxylic acids is 4. The van der Waals surface area contributed by atoms with Crippen molar-refractivity contribution in [2.45, 2.75) is 0 Å². The molecule has 4 rings (SSSR count). The smallest absolute Gasteiger partial charge is 0.335 e. The Bertz CT molecular complexity index is 1430. The summed E-state index contributed by atoms with van der Waals surface area (Å²) in [4.78, 5) is 51.1. The molecule has 1 aliphatic heterocycles. The van der Waals surface area contributed by atoms with Gasteiger partial charge in [0.2, 0.25) is 0 Å². The van der Waals surface area contributed by atoms with Crippen LogP contribution in [0.2, 0.25) is 5.02 Å². The van der Waals surface area contributed by atoms with E-state index in [1.807, 2.05) is 6.07 Å². The van der Waals surface area contributed by atoms with Gasteiger partial charge >= 0.3 is 6.03 Å². The third-order valence-corrected chi connectivity index (χ3v) is 5.96. The van der Waals surface area contributed by atoms with E-state index in [1.165, 1.54) is 31.4 Å². The van der Waals surface area contributed by atoms with Gasteiger partial charge in [-0.3, -0.25) is 19.7 Å². The fraction of sp³-hybridized carbons (Fsp3) is 0.0769. The van der Waals surface area contributed by atoms with Crippen LogP contribution in [0.25, 0.3) is 6.08 Å². The molecule has 0 atom stereocenters. The molecular formula is C26H19BrClN3O6. The second-order valence-corrected chi connectivity index (χ2v) is 8.97. The molecule has 1 heterocycles. The van der Waals surface area contributed by atoms with E-state index in [4.69, 9.17) is 21.1 Å². The van der Waals surface area contributed by atoms with E-state index in [-0.39, 0.29) is 35.3 Å². The number of urea groups is 1. The first-order chi connectivity index (χ1) is 17.8. The number of ether oxygens (including phenoxy) is 2. The van der Waals surface area contributed by atoms with Crippen LogP contribution in [0.4, 0.5) is 16.2 Å². The lowest BCUT2D eigenvalue weighted by Gasteiger charge is -2.26. The maximum absolute atomic E-state index is 13.1. The first kappa shape index (κ1) is 25.9. The van der Waals surface area contributed by atoms with Crippen molar-refractivity contribution in [1.29, 1.82) is 0 Å². The largest absolute Gasteiger partial charge is 0.493 e. The normalized spacial score (nSPS) is 14.4. The number of rotatable bonds is 7. The zero-order chi connectivity index (χ0) is 26.5. The molecule has 0 spiro atoms. The predicted molar refractivity (Wildman–Crippen MR) is 142 cm³/mol. The monoisotopic (exact) mass is 583 g/mol. The Kier molecular flexibility index (Phi) is 7.90. The van der Waals surface area contributed by atoms with Crippen molar-refractivity contribution >= 4 is 68.7 Å². The van der Waals surface area contributed by atoms with Gasteiger partial charge in [0.25, 0.3) is 17.7 Å². The Labute approximate surface area is 225 Å². The van der Waals surface area contributed by atoms with Crippen LogP contribution in [-0.2, 0) is 14.4 Å². The zero-order valence-electron chi connectivity index (χ0n) is 19.3. The Morgan fingerprint density at radius 2 is 1.84 bits per heavy atom. The zero-order valence-corrected chi connectivity index (χ0v) is 21.6. The molecule has 0 unspecified atom stereocenters. The highest BCUT2D eigenvalue weighted by atomic mass is 79.9. The fourth-order valence-corrected chi connectivity index (χ4v) is 4.25. The lowest BCUT2D eigenvalue weighted by molar-refractivity contribution is -0.122. The molecule has 0 saturated carbocycles. The lowest BCUT2D eigenvalue weighted by Crippen LogP contribution is -2.54.